The Kier molecular flexibility index (Phi) is 7.43. The number of anilines is 6. The summed E-state index contributed by atoms with van der Waals surface area (Å²) in [7, 11) is 0. The van der Waals surface area contributed by atoms with Gasteiger partial charge in [0.25, 0.3) is 0 Å². The molecule has 0 N–H and O–H groups in total. The number of hydrogen-bond donors (Lipinski definition) is 0. The molecule has 2 nitrogen and oxygen atoms in total. The van der Waals surface area contributed by atoms with Gasteiger partial charge in [-0.05, 0) is 149 Å². The second-order valence-electron chi connectivity index (χ2n) is 18.3. The molecule has 0 aliphatic carbocycles. The van der Waals surface area contributed by atoms with E-state index in [4.69, 9.17) is 0 Å². The summed E-state index contributed by atoms with van der Waals surface area (Å²) in [5.41, 5.74) is 25.8. The van der Waals surface area contributed by atoms with Gasteiger partial charge < -0.3 is 9.80 Å². The van der Waals surface area contributed by atoms with E-state index < -0.39 is 0 Å². The summed E-state index contributed by atoms with van der Waals surface area (Å²) >= 11 is 0. The molecule has 66 heavy (non-hydrogen) atoms. The Labute approximate surface area is 384 Å². The minimum absolute atomic E-state index is 0.0294. The van der Waals surface area contributed by atoms with Crippen LogP contribution in [0.3, 0.4) is 0 Å². The fourth-order valence-corrected chi connectivity index (χ4v) is 12.5. The topological polar surface area (TPSA) is 6.48 Å². The van der Waals surface area contributed by atoms with E-state index in [1.54, 1.807) is 0 Å². The molecule has 0 aromatic heterocycles. The van der Waals surface area contributed by atoms with Gasteiger partial charge in [-0.25, -0.2) is 0 Å². The Morgan fingerprint density at radius 1 is 0.258 bits per heavy atom. The highest BCUT2D eigenvalue weighted by atomic mass is 15.2. The molecule has 302 valence electrons. The summed E-state index contributed by atoms with van der Waals surface area (Å²) in [4.78, 5) is 5.10. The van der Waals surface area contributed by atoms with Gasteiger partial charge in [-0.15, -0.1) is 0 Å². The van der Waals surface area contributed by atoms with Gasteiger partial charge in [0.2, 0.25) is 13.4 Å². The molecule has 4 heteroatoms. The van der Waals surface area contributed by atoms with Crippen molar-refractivity contribution in [1.82, 2.24) is 0 Å². The van der Waals surface area contributed by atoms with E-state index in [9.17, 15) is 0 Å². The van der Waals surface area contributed by atoms with Crippen LogP contribution >= 0.6 is 0 Å². The average Bonchev–Trinajstić information content (AvgIpc) is 3.39. The van der Waals surface area contributed by atoms with Crippen LogP contribution in [0.5, 0.6) is 0 Å². The van der Waals surface area contributed by atoms with Crippen LogP contribution in [0.1, 0.15) is 0 Å². The molecule has 0 fully saturated rings. The van der Waals surface area contributed by atoms with E-state index in [1.165, 1.54) is 133 Å². The molecule has 0 unspecified atom stereocenters. The van der Waals surface area contributed by atoms with Crippen molar-refractivity contribution in [2.45, 2.75) is 0 Å². The van der Waals surface area contributed by atoms with Crippen molar-refractivity contribution in [1.29, 1.82) is 0 Å². The molecule has 0 bridgehead atoms. The first-order valence-electron chi connectivity index (χ1n) is 23.2. The zero-order valence-corrected chi connectivity index (χ0v) is 36.0. The summed E-state index contributed by atoms with van der Waals surface area (Å²) in [6.45, 7) is 0.0588. The number of benzene rings is 11. The van der Waals surface area contributed by atoms with E-state index in [-0.39, 0.29) is 13.4 Å². The summed E-state index contributed by atoms with van der Waals surface area (Å²) in [6, 6.07) is 86.4. The quantitative estimate of drug-likeness (QED) is 0.126. The van der Waals surface area contributed by atoms with Crippen LogP contribution in [-0.2, 0) is 0 Å². The lowest BCUT2D eigenvalue weighted by Crippen LogP contribution is -2.66. The molecule has 0 saturated carbocycles. The van der Waals surface area contributed by atoms with Gasteiger partial charge in [0.05, 0.1) is 0 Å². The number of hydrogen-bond acceptors (Lipinski definition) is 2. The first kappa shape index (κ1) is 36.1. The second kappa shape index (κ2) is 13.6. The molecule has 11 aromatic carbocycles. The molecule has 4 aliphatic heterocycles. The van der Waals surface area contributed by atoms with Crippen LogP contribution < -0.4 is 42.6 Å². The Hall–Kier alpha value is -8.33. The fraction of sp³-hybridized carbons (Fsp3) is 0. The smallest absolute Gasteiger partial charge is 0.248 e. The van der Waals surface area contributed by atoms with E-state index in [2.05, 4.69) is 240 Å². The van der Waals surface area contributed by atoms with Crippen molar-refractivity contribution in [3.8, 4) is 44.5 Å². The highest BCUT2D eigenvalue weighted by Crippen LogP contribution is 2.52. The molecular weight excluding hydrogens is 794 g/mol. The number of para-hydroxylation sites is 4. The number of rotatable bonds is 5. The summed E-state index contributed by atoms with van der Waals surface area (Å²) in [6.07, 6.45) is 0. The number of fused-ring (bicyclic) bond motifs is 6. The second-order valence-corrected chi connectivity index (χ2v) is 18.3. The van der Waals surface area contributed by atoms with Crippen molar-refractivity contribution in [2.24, 2.45) is 0 Å². The lowest BCUT2D eigenvalue weighted by Gasteiger charge is -2.47. The molecule has 0 saturated heterocycles. The molecule has 11 aromatic rings. The maximum Gasteiger partial charge on any atom is 0.248 e. The standard InChI is InChI=1S/C62H38B2N2/c1-5-19-39(20-6-1)41-35-42(40-21-7-2-8-22-40)37-43(36-41)56-46-27-17-31-50-57(46)59-58-47(56)28-18-32-51(58)64-49-30-14-16-34-53(49)66(45-25-11-4-12-26-45)55-38-54-61(60(59)62(55)64)63(50)48-29-13-15-33-52(48)65(54)44-23-9-3-10-24-44/h1-38H. The molecular formula is C62H38B2N2. The first-order chi connectivity index (χ1) is 32.8. The van der Waals surface area contributed by atoms with Crippen LogP contribution in [-0.4, -0.2) is 13.4 Å². The Morgan fingerprint density at radius 2 is 0.652 bits per heavy atom. The lowest BCUT2D eigenvalue weighted by atomic mass is 9.26. The van der Waals surface area contributed by atoms with Gasteiger partial charge in [0.1, 0.15) is 0 Å². The van der Waals surface area contributed by atoms with Gasteiger partial charge in [0.15, 0.2) is 0 Å². The third-order valence-corrected chi connectivity index (χ3v) is 15.0. The lowest BCUT2D eigenvalue weighted by molar-refractivity contribution is 1.26. The van der Waals surface area contributed by atoms with Crippen LogP contribution in [0.25, 0.3) is 66.1 Å². The van der Waals surface area contributed by atoms with Crippen LogP contribution in [0.4, 0.5) is 34.1 Å². The highest BCUT2D eigenvalue weighted by molar-refractivity contribution is 7.05. The van der Waals surface area contributed by atoms with Gasteiger partial charge >= 0.3 is 0 Å². The normalized spacial score (nSPS) is 13.3. The van der Waals surface area contributed by atoms with Gasteiger partial charge in [0, 0.05) is 34.1 Å². The Balaban J connectivity index is 1.14. The highest BCUT2D eigenvalue weighted by Gasteiger charge is 2.49. The van der Waals surface area contributed by atoms with Crippen molar-refractivity contribution in [3.63, 3.8) is 0 Å². The summed E-state index contributed by atoms with van der Waals surface area (Å²) in [5.74, 6) is 0. The van der Waals surface area contributed by atoms with E-state index in [0.717, 1.165) is 0 Å². The number of nitrogens with zero attached hydrogens (tertiary/aromatic N) is 2. The predicted octanol–water partition coefficient (Wildman–Crippen LogP) is 11.9. The molecule has 0 atom stereocenters. The Bertz CT molecular complexity index is 3590. The third-order valence-electron chi connectivity index (χ3n) is 15.0. The SMILES string of the molecule is c1ccc(-c2cc(-c3ccccc3)cc(-c3c4cccc5c4c4c6c(cccc36)B3c6ccccc6N(c6ccccc6)c6cc7c(c-4c63)B5c3ccccc3N7c3ccccc3)c2)cc1. The molecule has 4 heterocycles. The zero-order chi connectivity index (χ0) is 43.0. The third kappa shape index (κ3) is 4.83. The average molecular weight is 833 g/mol. The minimum Gasteiger partial charge on any atom is -0.311 e. The maximum atomic E-state index is 2.55. The van der Waals surface area contributed by atoms with E-state index >= 15 is 0 Å². The van der Waals surface area contributed by atoms with Crippen molar-refractivity contribution >= 4 is 102 Å². The van der Waals surface area contributed by atoms with Gasteiger partial charge in [-0.1, -0.05) is 181 Å². The predicted molar refractivity (Wildman–Crippen MR) is 282 cm³/mol. The molecule has 0 spiro atoms. The van der Waals surface area contributed by atoms with E-state index in [1.807, 2.05) is 0 Å². The van der Waals surface area contributed by atoms with Crippen LogP contribution in [0, 0.1) is 0 Å². The van der Waals surface area contributed by atoms with Crippen LogP contribution in [0.2, 0.25) is 0 Å². The molecule has 0 radical (unpaired) electrons. The molecule has 0 amide bonds. The van der Waals surface area contributed by atoms with Gasteiger partial charge in [-0.3, -0.25) is 0 Å². The Morgan fingerprint density at radius 3 is 1.12 bits per heavy atom. The van der Waals surface area contributed by atoms with Crippen molar-refractivity contribution in [3.05, 3.63) is 231 Å². The zero-order valence-electron chi connectivity index (χ0n) is 36.0. The monoisotopic (exact) mass is 832 g/mol. The van der Waals surface area contributed by atoms with E-state index in [0.29, 0.717) is 0 Å². The molecule has 15 rings (SSSR count). The summed E-state index contributed by atoms with van der Waals surface area (Å²) in [5, 5.41) is 5.36. The summed E-state index contributed by atoms with van der Waals surface area (Å²) < 4.78 is 0. The van der Waals surface area contributed by atoms with Gasteiger partial charge in [-0.2, -0.15) is 0 Å². The largest absolute Gasteiger partial charge is 0.311 e. The van der Waals surface area contributed by atoms with Crippen molar-refractivity contribution in [2.75, 3.05) is 9.80 Å². The minimum atomic E-state index is 0.0294. The first-order valence-corrected chi connectivity index (χ1v) is 23.2. The fourth-order valence-electron chi connectivity index (χ4n) is 12.5. The molecule has 4 aliphatic rings. The maximum absolute atomic E-state index is 2.55. The van der Waals surface area contributed by atoms with Crippen LogP contribution in [0.15, 0.2) is 231 Å². The van der Waals surface area contributed by atoms with Crippen molar-refractivity contribution < 1.29 is 0 Å².